The van der Waals surface area contributed by atoms with Crippen molar-refractivity contribution in [3.63, 3.8) is 0 Å². The second kappa shape index (κ2) is 8.41. The molecular weight excluding hydrogens is 388 g/mol. The molecule has 1 atom stereocenters. The number of pyridine rings is 1. The summed E-state index contributed by atoms with van der Waals surface area (Å²) in [6.07, 6.45) is -2.22. The quantitative estimate of drug-likeness (QED) is 0.654. The van der Waals surface area contributed by atoms with Crippen molar-refractivity contribution in [2.75, 3.05) is 7.11 Å². The fourth-order valence-corrected chi connectivity index (χ4v) is 3.36. The molecule has 1 aromatic carbocycles. The molecule has 0 bridgehead atoms. The van der Waals surface area contributed by atoms with Crippen molar-refractivity contribution in [3.05, 3.63) is 65.4 Å². The first-order chi connectivity index (χ1) is 13.4. The van der Waals surface area contributed by atoms with Crippen LogP contribution < -0.4 is 10.5 Å². The van der Waals surface area contributed by atoms with E-state index in [1.807, 2.05) is 0 Å². The minimum absolute atomic E-state index is 0.141. The van der Waals surface area contributed by atoms with Crippen molar-refractivity contribution < 1.29 is 27.4 Å². The molecule has 1 aromatic heterocycles. The van der Waals surface area contributed by atoms with E-state index < -0.39 is 35.9 Å². The average Bonchev–Trinajstić information content (AvgIpc) is 2.61. The van der Waals surface area contributed by atoms with E-state index >= 15 is 0 Å². The smallest absolute Gasteiger partial charge is 0.417 e. The van der Waals surface area contributed by atoms with Crippen LogP contribution in [0.3, 0.4) is 0 Å². The van der Waals surface area contributed by atoms with Crippen molar-refractivity contribution in [1.29, 1.82) is 0 Å². The summed E-state index contributed by atoms with van der Waals surface area (Å²) >= 11 is 0. The highest BCUT2D eigenvalue weighted by Gasteiger charge is 2.56. The normalized spacial score (nSPS) is 15.1. The fraction of sp³-hybridized carbons (Fsp3) is 0.381. The van der Waals surface area contributed by atoms with Gasteiger partial charge in [0.1, 0.15) is 11.6 Å². The second-order valence-corrected chi connectivity index (χ2v) is 7.61. The van der Waals surface area contributed by atoms with Gasteiger partial charge in [-0.05, 0) is 53.8 Å². The number of alkyl halides is 3. The number of methoxy groups -OCH3 is 1. The minimum Gasteiger partial charge on any atom is -0.496 e. The van der Waals surface area contributed by atoms with Crippen molar-refractivity contribution in [1.82, 2.24) is 4.98 Å². The SMILES string of the molecule is COc1ccc(F)cc1C(C)(C)CC(O)(C/C(N)=C/c1ccncc1)C(F)(F)F. The van der Waals surface area contributed by atoms with E-state index in [0.29, 0.717) is 5.56 Å². The number of ether oxygens (including phenoxy) is 1. The molecule has 0 fully saturated rings. The van der Waals surface area contributed by atoms with Crippen LogP contribution in [0.2, 0.25) is 0 Å². The van der Waals surface area contributed by atoms with E-state index in [0.717, 1.165) is 12.1 Å². The summed E-state index contributed by atoms with van der Waals surface area (Å²) in [7, 11) is 1.35. The summed E-state index contributed by atoms with van der Waals surface area (Å²) in [5.74, 6) is -0.372. The molecule has 0 radical (unpaired) electrons. The Morgan fingerprint density at radius 3 is 2.34 bits per heavy atom. The monoisotopic (exact) mass is 412 g/mol. The zero-order valence-corrected chi connectivity index (χ0v) is 16.4. The zero-order chi connectivity index (χ0) is 21.9. The number of nitrogens with zero attached hydrogens (tertiary/aromatic N) is 1. The number of aliphatic hydroxyl groups is 1. The standard InChI is InChI=1S/C21H24F4N2O2/c1-19(2,17-11-15(22)4-5-18(17)29-3)13-20(28,21(23,24)25)12-16(26)10-14-6-8-27-9-7-14/h4-11,28H,12-13,26H2,1-3H3/b16-10-. The van der Waals surface area contributed by atoms with E-state index in [1.54, 1.807) is 12.1 Å². The van der Waals surface area contributed by atoms with Crippen LogP contribution in [0, 0.1) is 5.82 Å². The van der Waals surface area contributed by atoms with Gasteiger partial charge in [-0.3, -0.25) is 4.98 Å². The lowest BCUT2D eigenvalue weighted by molar-refractivity contribution is -0.266. The van der Waals surface area contributed by atoms with Gasteiger partial charge < -0.3 is 15.6 Å². The van der Waals surface area contributed by atoms with Gasteiger partial charge >= 0.3 is 6.18 Å². The molecule has 29 heavy (non-hydrogen) atoms. The lowest BCUT2D eigenvalue weighted by atomic mass is 9.73. The topological polar surface area (TPSA) is 68.4 Å². The van der Waals surface area contributed by atoms with Crippen LogP contribution in [0.15, 0.2) is 48.4 Å². The molecule has 0 amide bonds. The molecule has 0 aliphatic carbocycles. The van der Waals surface area contributed by atoms with Gasteiger partial charge in [-0.1, -0.05) is 13.8 Å². The number of aromatic nitrogens is 1. The molecule has 3 N–H and O–H groups in total. The number of rotatable bonds is 7. The number of nitrogens with two attached hydrogens (primary N) is 1. The highest BCUT2D eigenvalue weighted by molar-refractivity contribution is 5.51. The third kappa shape index (κ3) is 5.47. The van der Waals surface area contributed by atoms with Gasteiger partial charge in [0.25, 0.3) is 0 Å². The lowest BCUT2D eigenvalue weighted by Gasteiger charge is -2.38. The van der Waals surface area contributed by atoms with Crippen LogP contribution in [0.1, 0.15) is 37.8 Å². The number of benzene rings is 1. The number of hydrogen-bond acceptors (Lipinski definition) is 4. The molecule has 158 valence electrons. The number of halogens is 4. The summed E-state index contributed by atoms with van der Waals surface area (Å²) in [6, 6.07) is 6.79. The minimum atomic E-state index is -4.96. The van der Waals surface area contributed by atoms with Gasteiger partial charge in [0, 0.05) is 30.1 Å². The Morgan fingerprint density at radius 2 is 1.79 bits per heavy atom. The lowest BCUT2D eigenvalue weighted by Crippen LogP contribution is -2.50. The predicted molar refractivity (Wildman–Crippen MR) is 103 cm³/mol. The average molecular weight is 412 g/mol. The third-order valence-corrected chi connectivity index (χ3v) is 4.71. The number of hydrogen-bond donors (Lipinski definition) is 2. The molecule has 0 spiro atoms. The predicted octanol–water partition coefficient (Wildman–Crippen LogP) is 4.58. The Balaban J connectivity index is 2.39. The van der Waals surface area contributed by atoms with E-state index in [-0.39, 0.29) is 17.0 Å². The Hall–Kier alpha value is -2.61. The van der Waals surface area contributed by atoms with Gasteiger partial charge in [0.05, 0.1) is 7.11 Å². The van der Waals surface area contributed by atoms with Gasteiger partial charge in [0.15, 0.2) is 5.60 Å². The molecule has 0 saturated heterocycles. The van der Waals surface area contributed by atoms with Crippen LogP contribution >= 0.6 is 0 Å². The summed E-state index contributed by atoms with van der Waals surface area (Å²) in [5, 5.41) is 10.6. The fourth-order valence-electron chi connectivity index (χ4n) is 3.36. The molecule has 0 saturated carbocycles. The summed E-state index contributed by atoms with van der Waals surface area (Å²) in [4.78, 5) is 3.83. The molecule has 0 aliphatic heterocycles. The van der Waals surface area contributed by atoms with Crippen LogP contribution in [0.5, 0.6) is 5.75 Å². The Labute approximate surface area is 167 Å². The summed E-state index contributed by atoms with van der Waals surface area (Å²) in [5.41, 5.74) is 2.07. The molecule has 2 aromatic rings. The van der Waals surface area contributed by atoms with Gasteiger partial charge in [0.2, 0.25) is 0 Å². The first-order valence-corrected chi connectivity index (χ1v) is 8.87. The van der Waals surface area contributed by atoms with E-state index in [2.05, 4.69) is 4.98 Å². The molecule has 1 heterocycles. The van der Waals surface area contributed by atoms with Crippen LogP contribution in [-0.2, 0) is 5.41 Å². The first-order valence-electron chi connectivity index (χ1n) is 8.87. The summed E-state index contributed by atoms with van der Waals surface area (Å²) in [6.45, 7) is 2.98. The van der Waals surface area contributed by atoms with E-state index in [4.69, 9.17) is 10.5 Å². The van der Waals surface area contributed by atoms with Crippen LogP contribution in [-0.4, -0.2) is 29.0 Å². The molecule has 4 nitrogen and oxygen atoms in total. The van der Waals surface area contributed by atoms with Gasteiger partial charge in [-0.2, -0.15) is 13.2 Å². The van der Waals surface area contributed by atoms with Gasteiger partial charge in [-0.25, -0.2) is 4.39 Å². The van der Waals surface area contributed by atoms with Gasteiger partial charge in [-0.15, -0.1) is 0 Å². The maximum atomic E-state index is 13.9. The van der Waals surface area contributed by atoms with Crippen molar-refractivity contribution in [2.24, 2.45) is 5.73 Å². The van der Waals surface area contributed by atoms with E-state index in [1.165, 1.54) is 45.5 Å². The Kier molecular flexibility index (Phi) is 6.57. The summed E-state index contributed by atoms with van der Waals surface area (Å²) < 4.78 is 60.5. The first kappa shape index (κ1) is 22.7. The van der Waals surface area contributed by atoms with Crippen molar-refractivity contribution in [3.8, 4) is 5.75 Å². The van der Waals surface area contributed by atoms with Crippen LogP contribution in [0.25, 0.3) is 6.08 Å². The molecule has 1 unspecified atom stereocenters. The van der Waals surface area contributed by atoms with E-state index in [9.17, 15) is 22.7 Å². The Bertz CT molecular complexity index is 867. The van der Waals surface area contributed by atoms with Crippen LogP contribution in [0.4, 0.5) is 17.6 Å². The molecule has 2 rings (SSSR count). The maximum Gasteiger partial charge on any atom is 0.417 e. The maximum absolute atomic E-state index is 13.9. The largest absolute Gasteiger partial charge is 0.496 e. The second-order valence-electron chi connectivity index (χ2n) is 7.61. The highest BCUT2D eigenvalue weighted by Crippen LogP contribution is 2.45. The Morgan fingerprint density at radius 1 is 1.17 bits per heavy atom. The third-order valence-electron chi connectivity index (χ3n) is 4.71. The zero-order valence-electron chi connectivity index (χ0n) is 16.4. The van der Waals surface area contributed by atoms with Crippen molar-refractivity contribution >= 4 is 6.08 Å². The highest BCUT2D eigenvalue weighted by atomic mass is 19.4. The molecular formula is C21H24F4N2O2. The molecule has 8 heteroatoms. The molecule has 0 aliphatic rings. The van der Waals surface area contributed by atoms with Crippen molar-refractivity contribution in [2.45, 2.75) is 43.9 Å².